The van der Waals surface area contributed by atoms with Crippen LogP contribution >= 0.6 is 11.3 Å². The summed E-state index contributed by atoms with van der Waals surface area (Å²) in [6.07, 6.45) is 1.14. The Morgan fingerprint density at radius 1 is 1.17 bits per heavy atom. The molecule has 0 bridgehead atoms. The summed E-state index contributed by atoms with van der Waals surface area (Å²) in [7, 11) is -7.62. The summed E-state index contributed by atoms with van der Waals surface area (Å²) in [6, 6.07) is 1.59. The highest BCUT2D eigenvalue weighted by Gasteiger charge is 2.22. The van der Waals surface area contributed by atoms with E-state index in [1.54, 1.807) is 11.4 Å². The van der Waals surface area contributed by atoms with Crippen LogP contribution in [0.4, 0.5) is 0 Å². The van der Waals surface area contributed by atoms with Gasteiger partial charge in [0.2, 0.25) is 10.0 Å². The molecule has 0 aliphatic carbocycles. The lowest BCUT2D eigenvalue weighted by atomic mass is 10.4. The second-order valence-corrected chi connectivity index (χ2v) is 8.16. The van der Waals surface area contributed by atoms with Crippen LogP contribution in [-0.4, -0.2) is 38.3 Å². The molecule has 2 N–H and O–H groups in total. The molecule has 0 fully saturated rings. The number of aromatic nitrogens is 2. The zero-order valence-corrected chi connectivity index (χ0v) is 11.4. The molecule has 0 unspecified atom stereocenters. The summed E-state index contributed by atoms with van der Waals surface area (Å²) in [6.45, 7) is 0. The van der Waals surface area contributed by atoms with Gasteiger partial charge in [-0.05, 0) is 11.4 Å². The van der Waals surface area contributed by atoms with Crippen molar-refractivity contribution in [1.29, 1.82) is 0 Å². The Morgan fingerprint density at radius 2 is 1.89 bits per heavy atom. The van der Waals surface area contributed by atoms with Crippen molar-refractivity contribution < 1.29 is 16.8 Å². The summed E-state index contributed by atoms with van der Waals surface area (Å²) in [5.74, 6) is -1.22. The predicted molar refractivity (Wildman–Crippen MR) is 67.4 cm³/mol. The molecule has 10 heteroatoms. The van der Waals surface area contributed by atoms with Crippen molar-refractivity contribution >= 4 is 41.4 Å². The zero-order valence-electron chi connectivity index (χ0n) is 8.98. The van der Waals surface area contributed by atoms with Crippen molar-refractivity contribution in [3.05, 3.63) is 17.8 Å². The first-order valence-electron chi connectivity index (χ1n) is 4.71. The van der Waals surface area contributed by atoms with Crippen molar-refractivity contribution in [1.82, 2.24) is 9.97 Å². The highest BCUT2D eigenvalue weighted by Crippen LogP contribution is 2.24. The topological polar surface area (TPSA) is 120 Å². The first-order valence-corrected chi connectivity index (χ1v) is 8.96. The quantitative estimate of drug-likeness (QED) is 0.778. The van der Waals surface area contributed by atoms with E-state index in [1.165, 1.54) is 11.3 Å². The van der Waals surface area contributed by atoms with Crippen LogP contribution in [0.3, 0.4) is 0 Å². The Bertz CT molecular complexity index is 779. The van der Waals surface area contributed by atoms with Crippen LogP contribution in [0.5, 0.6) is 0 Å². The van der Waals surface area contributed by atoms with Gasteiger partial charge in [-0.3, -0.25) is 0 Å². The monoisotopic (exact) mass is 307 g/mol. The van der Waals surface area contributed by atoms with Gasteiger partial charge in [0, 0.05) is 5.39 Å². The Morgan fingerprint density at radius 3 is 2.56 bits per heavy atom. The highest BCUT2D eigenvalue weighted by atomic mass is 32.2. The van der Waals surface area contributed by atoms with Crippen molar-refractivity contribution in [2.75, 3.05) is 11.5 Å². The van der Waals surface area contributed by atoms with E-state index in [-0.39, 0.29) is 5.03 Å². The molecular formula is C8H9N3O4S3. The third-order valence-electron chi connectivity index (χ3n) is 2.16. The van der Waals surface area contributed by atoms with Gasteiger partial charge in [-0.1, -0.05) is 0 Å². The predicted octanol–water partition coefficient (Wildman–Crippen LogP) is -0.246. The van der Waals surface area contributed by atoms with Crippen molar-refractivity contribution in [3.63, 3.8) is 0 Å². The van der Waals surface area contributed by atoms with Gasteiger partial charge in [0.1, 0.15) is 11.2 Å². The summed E-state index contributed by atoms with van der Waals surface area (Å²) < 4.78 is 45.6. The Balaban J connectivity index is 2.44. The van der Waals surface area contributed by atoms with E-state index in [2.05, 4.69) is 9.97 Å². The number of hydrogen-bond donors (Lipinski definition) is 1. The molecule has 98 valence electrons. The molecular weight excluding hydrogens is 298 g/mol. The van der Waals surface area contributed by atoms with Crippen LogP contribution in [0.25, 0.3) is 10.2 Å². The molecule has 2 aromatic rings. The standard InChI is InChI=1S/C8H9N3O4S3/c9-18(14,15)4-3-17(12,13)8-6-1-2-16-7(6)10-5-11-8/h1-2,5H,3-4H2,(H2,9,14,15). The number of sulfonamides is 1. The van der Waals surface area contributed by atoms with Gasteiger partial charge in [-0.25, -0.2) is 31.9 Å². The van der Waals surface area contributed by atoms with Crippen LogP contribution in [0.1, 0.15) is 0 Å². The number of sulfone groups is 1. The smallest absolute Gasteiger partial charge is 0.210 e. The summed E-state index contributed by atoms with van der Waals surface area (Å²) in [5.41, 5.74) is 0. The maximum Gasteiger partial charge on any atom is 0.210 e. The Labute approximate surface area is 108 Å². The number of primary sulfonamides is 1. The second kappa shape index (κ2) is 4.53. The number of nitrogens with two attached hydrogens (primary N) is 1. The van der Waals surface area contributed by atoms with E-state index in [0.717, 1.165) is 6.33 Å². The van der Waals surface area contributed by atoms with E-state index in [1.807, 2.05) is 0 Å². The minimum absolute atomic E-state index is 0.155. The van der Waals surface area contributed by atoms with Gasteiger partial charge in [0.15, 0.2) is 14.9 Å². The summed E-state index contributed by atoms with van der Waals surface area (Å²) >= 11 is 1.28. The van der Waals surface area contributed by atoms with Crippen molar-refractivity contribution in [2.45, 2.75) is 5.03 Å². The fraction of sp³-hybridized carbons (Fsp3) is 0.250. The second-order valence-electron chi connectivity index (χ2n) is 3.50. The van der Waals surface area contributed by atoms with Crippen LogP contribution in [-0.2, 0) is 19.9 Å². The van der Waals surface area contributed by atoms with Crippen molar-refractivity contribution in [3.8, 4) is 0 Å². The molecule has 0 aliphatic heterocycles. The number of hydrogen-bond acceptors (Lipinski definition) is 7. The van der Waals surface area contributed by atoms with E-state index in [9.17, 15) is 16.8 Å². The van der Waals surface area contributed by atoms with Gasteiger partial charge >= 0.3 is 0 Å². The van der Waals surface area contributed by atoms with Crippen LogP contribution in [0, 0.1) is 0 Å². The average molecular weight is 307 g/mol. The third kappa shape index (κ3) is 2.83. The zero-order chi connectivity index (χ0) is 13.4. The van der Waals surface area contributed by atoms with E-state index in [0.29, 0.717) is 10.2 Å². The normalized spacial score (nSPS) is 12.9. The van der Waals surface area contributed by atoms with Crippen LogP contribution < -0.4 is 5.14 Å². The van der Waals surface area contributed by atoms with E-state index >= 15 is 0 Å². The average Bonchev–Trinajstić information content (AvgIpc) is 2.73. The fourth-order valence-electron chi connectivity index (χ4n) is 1.34. The Hall–Kier alpha value is -1.10. The molecule has 0 aromatic carbocycles. The minimum atomic E-state index is -3.83. The largest absolute Gasteiger partial charge is 0.229 e. The maximum atomic E-state index is 12.0. The SMILES string of the molecule is NS(=O)(=O)CCS(=O)(=O)c1ncnc2sccc12. The van der Waals surface area contributed by atoms with Crippen molar-refractivity contribution in [2.24, 2.45) is 5.14 Å². The van der Waals surface area contributed by atoms with Crippen LogP contribution in [0.2, 0.25) is 0 Å². The highest BCUT2D eigenvalue weighted by molar-refractivity contribution is 7.94. The number of rotatable bonds is 4. The molecule has 0 amide bonds. The lowest BCUT2D eigenvalue weighted by Crippen LogP contribution is -2.23. The number of thiophene rings is 1. The lowest BCUT2D eigenvalue weighted by molar-refractivity contribution is 0.587. The molecule has 7 nitrogen and oxygen atoms in total. The van der Waals surface area contributed by atoms with Gasteiger partial charge in [0.05, 0.1) is 11.5 Å². The lowest BCUT2D eigenvalue weighted by Gasteiger charge is -2.03. The number of fused-ring (bicyclic) bond motifs is 1. The molecule has 2 aromatic heterocycles. The molecule has 0 spiro atoms. The molecule has 0 saturated carbocycles. The Kier molecular flexibility index (Phi) is 3.36. The molecule has 18 heavy (non-hydrogen) atoms. The summed E-state index contributed by atoms with van der Waals surface area (Å²) in [5, 5.41) is 6.73. The van der Waals surface area contributed by atoms with Gasteiger partial charge in [-0.15, -0.1) is 11.3 Å². The van der Waals surface area contributed by atoms with E-state index in [4.69, 9.17) is 5.14 Å². The molecule has 0 radical (unpaired) electrons. The van der Waals surface area contributed by atoms with Gasteiger partial charge in [-0.2, -0.15) is 0 Å². The first kappa shape index (κ1) is 13.3. The fourth-order valence-corrected chi connectivity index (χ4v) is 4.84. The molecule has 0 aliphatic rings. The molecule has 2 heterocycles. The summed E-state index contributed by atoms with van der Waals surface area (Å²) in [4.78, 5) is 8.19. The first-order chi connectivity index (χ1) is 8.30. The minimum Gasteiger partial charge on any atom is -0.229 e. The van der Waals surface area contributed by atoms with Crippen LogP contribution in [0.15, 0.2) is 22.8 Å². The maximum absolute atomic E-state index is 12.0. The molecule has 0 atom stereocenters. The van der Waals surface area contributed by atoms with Gasteiger partial charge in [0.25, 0.3) is 0 Å². The third-order valence-corrected chi connectivity index (χ3v) is 5.66. The van der Waals surface area contributed by atoms with Gasteiger partial charge < -0.3 is 0 Å². The molecule has 0 saturated heterocycles. The van der Waals surface area contributed by atoms with E-state index < -0.39 is 31.4 Å². The molecule has 2 rings (SSSR count). The number of nitrogens with zero attached hydrogens (tertiary/aromatic N) is 2.